The number of aromatic nitrogens is 4. The van der Waals surface area contributed by atoms with Crippen LogP contribution < -0.4 is 20.7 Å². The van der Waals surface area contributed by atoms with Crippen LogP contribution in [-0.2, 0) is 30.8 Å². The summed E-state index contributed by atoms with van der Waals surface area (Å²) in [6.45, 7) is 17.8. The van der Waals surface area contributed by atoms with Gasteiger partial charge in [0, 0.05) is 59.6 Å². The molecule has 2 aliphatic rings. The third kappa shape index (κ3) is 11.5. The molecule has 378 valence electrons. The van der Waals surface area contributed by atoms with Crippen LogP contribution in [0.1, 0.15) is 84.0 Å². The van der Waals surface area contributed by atoms with Gasteiger partial charge in [-0.15, -0.1) is 32.9 Å². The lowest BCUT2D eigenvalue weighted by atomic mass is 9.85. The van der Waals surface area contributed by atoms with Gasteiger partial charge in [0.15, 0.2) is 16.4 Å². The molecule has 8 rings (SSSR count). The summed E-state index contributed by atoms with van der Waals surface area (Å²) < 4.78 is 34.7. The molecule has 1 saturated heterocycles. The lowest BCUT2D eigenvalue weighted by Crippen LogP contribution is -2.57. The Hall–Kier alpha value is -6.18. The maximum absolute atomic E-state index is 14.2. The number of β-amino-alcohol motifs (C(OH)–C–C–N with tert-alkyl or cyclic N) is 1. The van der Waals surface area contributed by atoms with E-state index in [1.54, 1.807) is 27.6 Å². The van der Waals surface area contributed by atoms with Gasteiger partial charge in [0.05, 0.1) is 38.9 Å². The SMILES string of the molecule is C=C(NCc1ccc(-c2scnc2C)cc1)[C@@H]1C[C@@H](O)CN1C(=O)[C@@H](NC(=O)COc1ccc(S(=O)(=O)CCNC(=O)CC2C=C(c3ccc(Cl)cc3)c3c(sc(C)c3C)-n3c(C)nnc32)cc1)C(C)(C)C. The molecule has 0 saturated carbocycles. The Morgan fingerprint density at radius 1 is 0.944 bits per heavy atom. The highest BCUT2D eigenvalue weighted by Gasteiger charge is 2.43. The highest BCUT2D eigenvalue weighted by atomic mass is 35.5. The van der Waals surface area contributed by atoms with Crippen molar-refractivity contribution in [3.63, 3.8) is 0 Å². The largest absolute Gasteiger partial charge is 0.484 e. The molecule has 5 heterocycles. The predicted octanol–water partition coefficient (Wildman–Crippen LogP) is 8.02. The van der Waals surface area contributed by atoms with Crippen molar-refractivity contribution in [2.24, 2.45) is 5.41 Å². The summed E-state index contributed by atoms with van der Waals surface area (Å²) in [4.78, 5) is 49.4. The van der Waals surface area contributed by atoms with Crippen molar-refractivity contribution in [1.82, 2.24) is 40.6 Å². The second-order valence-corrected chi connectivity index (χ2v) is 23.9. The van der Waals surface area contributed by atoms with Crippen LogP contribution in [-0.4, -0.2) is 99.5 Å². The molecule has 3 aromatic carbocycles. The van der Waals surface area contributed by atoms with Crippen molar-refractivity contribution in [3.8, 4) is 21.2 Å². The fourth-order valence-electron chi connectivity index (χ4n) is 9.03. The van der Waals surface area contributed by atoms with Gasteiger partial charge in [-0.25, -0.2) is 13.4 Å². The number of allylic oxidation sites excluding steroid dienone is 1. The van der Waals surface area contributed by atoms with Gasteiger partial charge in [-0.1, -0.05) is 81.4 Å². The van der Waals surface area contributed by atoms with E-state index in [9.17, 15) is 27.9 Å². The van der Waals surface area contributed by atoms with Crippen LogP contribution in [0, 0.1) is 33.1 Å². The number of amides is 3. The molecule has 1 fully saturated rings. The fourth-order valence-corrected chi connectivity index (χ4v) is 12.4. The molecule has 15 nitrogen and oxygen atoms in total. The first-order valence-corrected chi connectivity index (χ1v) is 27.3. The molecular weight excluding hydrogens is 992 g/mol. The van der Waals surface area contributed by atoms with Crippen molar-refractivity contribution in [2.75, 3.05) is 25.4 Å². The summed E-state index contributed by atoms with van der Waals surface area (Å²) in [6.07, 6.45) is 1.57. The lowest BCUT2D eigenvalue weighted by Gasteiger charge is -2.36. The first-order chi connectivity index (χ1) is 34.2. The number of fused-ring (bicyclic) bond motifs is 3. The molecule has 3 aromatic heterocycles. The van der Waals surface area contributed by atoms with Gasteiger partial charge in [0.2, 0.25) is 11.8 Å². The third-order valence-electron chi connectivity index (χ3n) is 13.1. The number of carbonyl (C=O) groups is 3. The summed E-state index contributed by atoms with van der Waals surface area (Å²) in [5.74, 6) is -0.536. The van der Waals surface area contributed by atoms with Crippen LogP contribution in [0.4, 0.5) is 0 Å². The van der Waals surface area contributed by atoms with Crippen molar-refractivity contribution in [3.05, 3.63) is 146 Å². The number of aliphatic hydroxyl groups excluding tert-OH is 1. The van der Waals surface area contributed by atoms with Crippen molar-refractivity contribution >= 4 is 67.4 Å². The molecule has 0 aliphatic carbocycles. The minimum absolute atomic E-state index is 0.00717. The highest BCUT2D eigenvalue weighted by molar-refractivity contribution is 7.91. The molecule has 19 heteroatoms. The molecule has 2 aliphatic heterocycles. The maximum Gasteiger partial charge on any atom is 0.258 e. The third-order valence-corrected chi connectivity index (χ3v) is 17.2. The predicted molar refractivity (Wildman–Crippen MR) is 282 cm³/mol. The normalized spacial score (nSPS) is 17.0. The molecule has 3 amide bonds. The van der Waals surface area contributed by atoms with Crippen LogP contribution in [0.15, 0.2) is 102 Å². The lowest BCUT2D eigenvalue weighted by molar-refractivity contribution is -0.140. The fraction of sp³-hybridized carbons (Fsp3) is 0.358. The van der Waals surface area contributed by atoms with E-state index in [-0.39, 0.29) is 47.7 Å². The van der Waals surface area contributed by atoms with Crippen molar-refractivity contribution < 1.29 is 32.6 Å². The van der Waals surface area contributed by atoms with Gasteiger partial charge in [-0.2, -0.15) is 0 Å². The Kier molecular flexibility index (Phi) is 15.6. The Morgan fingerprint density at radius 3 is 2.31 bits per heavy atom. The topological polar surface area (TPSA) is 198 Å². The standard InChI is InChI=1S/C53H59ClN8O7S3/c1-30-33(4)71-52-47(30)43(36-13-15-39(54)16-14-36)23-38(50-60-59-34(5)62(50)52)24-45(64)55-21-22-72(67,68)42-19-17-41(18-20-42)69-28-46(65)58-49(53(6,7)8)51(66)61-27-40(63)25-44(61)31(2)56-26-35-9-11-37(12-10-35)48-32(3)57-29-70-48/h9-20,23,29,38,40,44,49,56,63H,2,21-22,24-28H2,1,3-8H3,(H,55,64)(H,58,65)/t38?,40-,44+,49-/m1/s1. The molecule has 6 aromatic rings. The van der Waals surface area contributed by atoms with Crippen LogP contribution in [0.2, 0.25) is 5.02 Å². The second-order valence-electron chi connectivity index (χ2n) is 19.3. The second kappa shape index (κ2) is 21.5. The van der Waals surface area contributed by atoms with Gasteiger partial charge in [-0.05, 0) is 97.3 Å². The average Bonchev–Trinajstić information content (AvgIpc) is 4.11. The number of halogens is 1. The van der Waals surface area contributed by atoms with E-state index >= 15 is 0 Å². The number of aliphatic hydroxyl groups is 1. The van der Waals surface area contributed by atoms with Gasteiger partial charge in [-0.3, -0.25) is 19.0 Å². The smallest absolute Gasteiger partial charge is 0.258 e. The Labute approximate surface area is 433 Å². The Balaban J connectivity index is 0.838. The van der Waals surface area contributed by atoms with E-state index in [2.05, 4.69) is 63.7 Å². The van der Waals surface area contributed by atoms with Gasteiger partial charge in [0.1, 0.15) is 28.4 Å². The van der Waals surface area contributed by atoms with E-state index in [1.165, 1.54) is 24.3 Å². The van der Waals surface area contributed by atoms with Crippen molar-refractivity contribution in [2.45, 2.75) is 96.9 Å². The number of thiazole rings is 1. The highest BCUT2D eigenvalue weighted by Crippen LogP contribution is 2.44. The van der Waals surface area contributed by atoms with Crippen LogP contribution in [0.25, 0.3) is 21.0 Å². The molecular formula is C53H59ClN8O7S3. The van der Waals surface area contributed by atoms with Gasteiger partial charge in [0.25, 0.3) is 5.91 Å². The zero-order chi connectivity index (χ0) is 51.6. The first-order valence-electron chi connectivity index (χ1n) is 23.6. The average molecular weight is 1050 g/mol. The molecule has 0 radical (unpaired) electrons. The van der Waals surface area contributed by atoms with E-state index < -0.39 is 51.9 Å². The Bertz CT molecular complexity index is 3140. The zero-order valence-electron chi connectivity index (χ0n) is 41.3. The summed E-state index contributed by atoms with van der Waals surface area (Å²) in [5.41, 5.74) is 8.84. The minimum Gasteiger partial charge on any atom is -0.484 e. The monoisotopic (exact) mass is 1050 g/mol. The van der Waals surface area contributed by atoms with E-state index in [4.69, 9.17) is 16.3 Å². The molecule has 4 atom stereocenters. The van der Waals surface area contributed by atoms with Crippen LogP contribution >= 0.6 is 34.3 Å². The first kappa shape index (κ1) is 52.2. The van der Waals surface area contributed by atoms with Crippen LogP contribution in [0.5, 0.6) is 5.75 Å². The maximum atomic E-state index is 14.2. The zero-order valence-corrected chi connectivity index (χ0v) is 44.5. The number of likely N-dealkylation sites (tertiary alicyclic amines) is 1. The number of benzene rings is 3. The number of aryl methyl sites for hydroxylation is 3. The summed E-state index contributed by atoms with van der Waals surface area (Å²) in [5, 5.41) is 30.2. The number of nitrogens with one attached hydrogen (secondary N) is 3. The molecule has 0 bridgehead atoms. The number of hydrogen-bond donors (Lipinski definition) is 4. The van der Waals surface area contributed by atoms with Crippen LogP contribution in [0.3, 0.4) is 0 Å². The summed E-state index contributed by atoms with van der Waals surface area (Å²) in [7, 11) is -3.84. The number of nitrogens with zero attached hydrogens (tertiary/aromatic N) is 5. The van der Waals surface area contributed by atoms with Crippen molar-refractivity contribution in [1.29, 1.82) is 0 Å². The number of ether oxygens (including phenoxy) is 1. The summed E-state index contributed by atoms with van der Waals surface area (Å²) >= 11 is 9.49. The van der Waals surface area contributed by atoms with E-state index in [0.29, 0.717) is 35.3 Å². The number of carbonyl (C=O) groups excluding carboxylic acids is 3. The minimum atomic E-state index is -3.84. The molecule has 72 heavy (non-hydrogen) atoms. The van der Waals surface area contributed by atoms with Gasteiger partial charge < -0.3 is 30.7 Å². The number of hydrogen-bond acceptors (Lipinski definition) is 13. The Morgan fingerprint density at radius 2 is 1.64 bits per heavy atom. The van der Waals surface area contributed by atoms with Gasteiger partial charge >= 0.3 is 0 Å². The van der Waals surface area contributed by atoms with E-state index in [1.807, 2.05) is 87.2 Å². The number of rotatable bonds is 17. The number of sulfone groups is 1. The quantitative estimate of drug-likeness (QED) is 0.0690. The number of thiophene rings is 1. The van der Waals surface area contributed by atoms with E-state index in [0.717, 1.165) is 53.8 Å². The molecule has 1 unspecified atom stereocenters. The molecule has 0 spiro atoms. The summed E-state index contributed by atoms with van der Waals surface area (Å²) in [6, 6.07) is 19.9. The molecule has 4 N–H and O–H groups in total.